The van der Waals surface area contributed by atoms with Crippen molar-refractivity contribution in [3.8, 4) is 0 Å². The second-order valence-electron chi connectivity index (χ2n) is 5.61. The van der Waals surface area contributed by atoms with Gasteiger partial charge in [-0.2, -0.15) is 0 Å². The summed E-state index contributed by atoms with van der Waals surface area (Å²) in [4.78, 5) is 2.22. The van der Waals surface area contributed by atoms with Crippen LogP contribution in [0.5, 0.6) is 0 Å². The molecule has 0 aromatic heterocycles. The topological polar surface area (TPSA) is 23.5 Å². The highest BCUT2D eigenvalue weighted by molar-refractivity contribution is 5.40. The lowest BCUT2D eigenvalue weighted by Gasteiger charge is -2.35. The first-order valence-corrected chi connectivity index (χ1v) is 5.94. The fraction of sp³-hybridized carbons (Fsp3) is 0.571. The second-order valence-corrected chi connectivity index (χ2v) is 5.61. The molecule has 2 nitrogen and oxygen atoms in total. The Labute approximate surface area is 97.9 Å². The Morgan fingerprint density at radius 1 is 1.38 bits per heavy atom. The van der Waals surface area contributed by atoms with Crippen LogP contribution in [0.2, 0.25) is 0 Å². The molecule has 0 spiro atoms. The largest absolute Gasteiger partial charge is 0.389 e. The van der Waals surface area contributed by atoms with Crippen molar-refractivity contribution >= 4 is 0 Å². The average molecular weight is 219 g/mol. The lowest BCUT2D eigenvalue weighted by molar-refractivity contribution is 0.0423. The van der Waals surface area contributed by atoms with Gasteiger partial charge in [0, 0.05) is 19.0 Å². The first-order valence-electron chi connectivity index (χ1n) is 5.94. The molecule has 1 atom stereocenters. The maximum atomic E-state index is 9.75. The summed E-state index contributed by atoms with van der Waals surface area (Å²) in [7, 11) is 2.08. The third-order valence-electron chi connectivity index (χ3n) is 3.15. The first kappa shape index (κ1) is 11.6. The SMILES string of the molecule is CN(CC1Cc2ccccc21)CC(C)(C)O. The van der Waals surface area contributed by atoms with Crippen LogP contribution in [-0.4, -0.2) is 35.7 Å². The van der Waals surface area contributed by atoms with E-state index in [-0.39, 0.29) is 0 Å². The summed E-state index contributed by atoms with van der Waals surface area (Å²) in [6.07, 6.45) is 1.19. The quantitative estimate of drug-likeness (QED) is 0.837. The van der Waals surface area contributed by atoms with E-state index in [0.717, 1.165) is 13.1 Å². The lowest BCUT2D eigenvalue weighted by atomic mass is 9.77. The van der Waals surface area contributed by atoms with Gasteiger partial charge in [0.15, 0.2) is 0 Å². The zero-order valence-corrected chi connectivity index (χ0v) is 10.4. The number of likely N-dealkylation sites (N-methyl/N-ethyl adjacent to an activating group) is 1. The molecular formula is C14H21NO. The van der Waals surface area contributed by atoms with Crippen LogP contribution in [0.1, 0.15) is 30.9 Å². The molecule has 1 aromatic rings. The van der Waals surface area contributed by atoms with Crippen LogP contribution in [0.4, 0.5) is 0 Å². The number of fused-ring (bicyclic) bond motifs is 1. The molecule has 0 saturated carbocycles. The van der Waals surface area contributed by atoms with E-state index >= 15 is 0 Å². The van der Waals surface area contributed by atoms with E-state index in [4.69, 9.17) is 0 Å². The van der Waals surface area contributed by atoms with Gasteiger partial charge in [0.2, 0.25) is 0 Å². The maximum absolute atomic E-state index is 9.75. The van der Waals surface area contributed by atoms with Crippen LogP contribution < -0.4 is 0 Å². The zero-order valence-electron chi connectivity index (χ0n) is 10.4. The fourth-order valence-electron chi connectivity index (χ4n) is 2.63. The fourth-order valence-corrected chi connectivity index (χ4v) is 2.63. The van der Waals surface area contributed by atoms with Crippen molar-refractivity contribution in [2.24, 2.45) is 0 Å². The molecule has 2 heteroatoms. The molecule has 0 radical (unpaired) electrons. The van der Waals surface area contributed by atoms with Crippen molar-refractivity contribution in [3.63, 3.8) is 0 Å². The molecule has 2 rings (SSSR count). The van der Waals surface area contributed by atoms with Crippen LogP contribution >= 0.6 is 0 Å². The van der Waals surface area contributed by atoms with Gasteiger partial charge in [-0.3, -0.25) is 0 Å². The molecule has 0 heterocycles. The van der Waals surface area contributed by atoms with Crippen molar-refractivity contribution in [2.75, 3.05) is 20.1 Å². The van der Waals surface area contributed by atoms with Crippen LogP contribution in [0.25, 0.3) is 0 Å². The molecule has 0 saturated heterocycles. The van der Waals surface area contributed by atoms with Crippen LogP contribution in [0.15, 0.2) is 24.3 Å². The monoisotopic (exact) mass is 219 g/mol. The molecule has 0 fully saturated rings. The predicted molar refractivity (Wildman–Crippen MR) is 66.7 cm³/mol. The first-order chi connectivity index (χ1) is 7.46. The number of rotatable bonds is 4. The minimum atomic E-state index is -0.599. The normalized spacial score (nSPS) is 19.4. The number of benzene rings is 1. The van der Waals surface area contributed by atoms with Crippen molar-refractivity contribution in [2.45, 2.75) is 31.8 Å². The minimum absolute atomic E-state index is 0.599. The van der Waals surface area contributed by atoms with Crippen LogP contribution in [0.3, 0.4) is 0 Å². The van der Waals surface area contributed by atoms with Crippen LogP contribution in [-0.2, 0) is 6.42 Å². The summed E-state index contributed by atoms with van der Waals surface area (Å²) in [5.41, 5.74) is 2.38. The minimum Gasteiger partial charge on any atom is -0.389 e. The standard InChI is InChI=1S/C14H21NO/c1-14(2,16)10-15(3)9-12-8-11-6-4-5-7-13(11)12/h4-7,12,16H,8-10H2,1-3H3. The molecule has 1 aliphatic carbocycles. The molecule has 16 heavy (non-hydrogen) atoms. The summed E-state index contributed by atoms with van der Waals surface area (Å²) in [5, 5.41) is 9.75. The zero-order chi connectivity index (χ0) is 11.8. The smallest absolute Gasteiger partial charge is 0.0718 e. The predicted octanol–water partition coefficient (Wildman–Crippen LogP) is 2.03. The summed E-state index contributed by atoms with van der Waals surface area (Å²) >= 11 is 0. The van der Waals surface area contributed by atoms with Gasteiger partial charge >= 0.3 is 0 Å². The third-order valence-corrected chi connectivity index (χ3v) is 3.15. The second kappa shape index (κ2) is 4.19. The Hall–Kier alpha value is -0.860. The lowest BCUT2D eigenvalue weighted by Crippen LogP contribution is -2.40. The Balaban J connectivity index is 1.90. The van der Waals surface area contributed by atoms with E-state index in [1.807, 2.05) is 13.8 Å². The van der Waals surface area contributed by atoms with Crippen LogP contribution in [0, 0.1) is 0 Å². The van der Waals surface area contributed by atoms with Gasteiger partial charge in [-0.25, -0.2) is 0 Å². The number of hydrogen-bond donors (Lipinski definition) is 1. The highest BCUT2D eigenvalue weighted by Crippen LogP contribution is 2.35. The van der Waals surface area contributed by atoms with E-state index in [1.54, 1.807) is 0 Å². The van der Waals surface area contributed by atoms with E-state index in [0.29, 0.717) is 5.92 Å². The van der Waals surface area contributed by atoms with Gasteiger partial charge in [-0.05, 0) is 38.4 Å². The summed E-state index contributed by atoms with van der Waals surface area (Å²) in [5.74, 6) is 0.656. The molecule has 1 aromatic carbocycles. The van der Waals surface area contributed by atoms with Gasteiger partial charge in [-0.1, -0.05) is 24.3 Å². The molecule has 1 aliphatic rings. The van der Waals surface area contributed by atoms with Crippen molar-refractivity contribution in [1.29, 1.82) is 0 Å². The maximum Gasteiger partial charge on any atom is 0.0718 e. The molecule has 1 N–H and O–H groups in total. The Morgan fingerprint density at radius 3 is 2.69 bits per heavy atom. The Bertz CT molecular complexity index is 367. The summed E-state index contributed by atoms with van der Waals surface area (Å²) < 4.78 is 0. The molecular weight excluding hydrogens is 198 g/mol. The van der Waals surface area contributed by atoms with E-state index in [2.05, 4.69) is 36.2 Å². The van der Waals surface area contributed by atoms with E-state index in [1.165, 1.54) is 17.5 Å². The average Bonchev–Trinajstić information content (AvgIpc) is 2.11. The Kier molecular flexibility index (Phi) is 3.04. The molecule has 1 unspecified atom stereocenters. The molecule has 88 valence electrons. The van der Waals surface area contributed by atoms with Gasteiger partial charge in [0.25, 0.3) is 0 Å². The highest BCUT2D eigenvalue weighted by Gasteiger charge is 2.27. The van der Waals surface area contributed by atoms with Crippen molar-refractivity contribution in [3.05, 3.63) is 35.4 Å². The Morgan fingerprint density at radius 2 is 2.06 bits per heavy atom. The van der Waals surface area contributed by atoms with Crippen molar-refractivity contribution in [1.82, 2.24) is 4.90 Å². The molecule has 0 bridgehead atoms. The van der Waals surface area contributed by atoms with Gasteiger partial charge < -0.3 is 10.0 Å². The third kappa shape index (κ3) is 2.63. The van der Waals surface area contributed by atoms with Gasteiger partial charge in [0.05, 0.1) is 5.60 Å². The van der Waals surface area contributed by atoms with Gasteiger partial charge in [0.1, 0.15) is 0 Å². The number of hydrogen-bond acceptors (Lipinski definition) is 2. The molecule has 0 amide bonds. The number of aliphatic hydroxyl groups is 1. The number of nitrogens with zero attached hydrogens (tertiary/aromatic N) is 1. The van der Waals surface area contributed by atoms with Crippen molar-refractivity contribution < 1.29 is 5.11 Å². The summed E-state index contributed by atoms with van der Waals surface area (Å²) in [6.45, 7) is 5.49. The van der Waals surface area contributed by atoms with Gasteiger partial charge in [-0.15, -0.1) is 0 Å². The van der Waals surface area contributed by atoms with E-state index < -0.39 is 5.60 Å². The molecule has 0 aliphatic heterocycles. The van der Waals surface area contributed by atoms with E-state index in [9.17, 15) is 5.11 Å². The highest BCUT2D eigenvalue weighted by atomic mass is 16.3. The summed E-state index contributed by atoms with van der Waals surface area (Å²) in [6, 6.07) is 8.65.